The average molecular weight is 195 g/mol. The number of hydrogen-bond donors (Lipinski definition) is 0. The van der Waals surface area contributed by atoms with Crippen molar-refractivity contribution in [3.63, 3.8) is 0 Å². The second-order valence-corrected chi connectivity index (χ2v) is 2.95. The Hall–Kier alpha value is -1.58. The molecule has 14 heavy (non-hydrogen) atoms. The molecule has 0 fully saturated rings. The number of aryl methyl sites for hydroxylation is 1. The first kappa shape index (κ1) is 10.5. The summed E-state index contributed by atoms with van der Waals surface area (Å²) in [5, 5.41) is 0. The largest absolute Gasteiger partial charge is 0.469 e. The van der Waals surface area contributed by atoms with Gasteiger partial charge in [-0.25, -0.2) is 0 Å². The van der Waals surface area contributed by atoms with E-state index in [0.717, 1.165) is 13.0 Å². The van der Waals surface area contributed by atoms with Crippen molar-refractivity contribution in [2.75, 3.05) is 7.11 Å². The van der Waals surface area contributed by atoms with Crippen LogP contribution in [0.15, 0.2) is 29.3 Å². The molecule has 0 aromatic carbocycles. The van der Waals surface area contributed by atoms with Crippen LogP contribution in [-0.2, 0) is 16.1 Å². The van der Waals surface area contributed by atoms with Crippen LogP contribution < -0.4 is 5.43 Å². The molecule has 0 aliphatic rings. The fourth-order valence-electron chi connectivity index (χ4n) is 1.10. The lowest BCUT2D eigenvalue weighted by Gasteiger charge is -2.04. The minimum absolute atomic E-state index is 0.00535. The van der Waals surface area contributed by atoms with Gasteiger partial charge in [0.25, 0.3) is 0 Å². The minimum atomic E-state index is -0.203. The molecular weight excluding hydrogens is 182 g/mol. The van der Waals surface area contributed by atoms with E-state index in [0.29, 0.717) is 6.42 Å². The molecule has 0 unspecified atom stereocenters. The smallest absolute Gasteiger partial charge is 0.305 e. The molecule has 1 rings (SSSR count). The molecule has 0 amide bonds. The average Bonchev–Trinajstić information content (AvgIpc) is 2.21. The van der Waals surface area contributed by atoms with Crippen LogP contribution in [0.25, 0.3) is 0 Å². The summed E-state index contributed by atoms with van der Waals surface area (Å²) in [5.41, 5.74) is -0.00535. The predicted octanol–water partition coefficient (Wildman–Crippen LogP) is 0.802. The van der Waals surface area contributed by atoms with E-state index in [1.54, 1.807) is 12.4 Å². The summed E-state index contributed by atoms with van der Waals surface area (Å²) < 4.78 is 6.37. The number of hydrogen-bond acceptors (Lipinski definition) is 3. The Morgan fingerprint density at radius 1 is 1.43 bits per heavy atom. The predicted molar refractivity (Wildman–Crippen MR) is 52.0 cm³/mol. The Morgan fingerprint density at radius 2 is 2.07 bits per heavy atom. The fraction of sp³-hybridized carbons (Fsp3) is 0.400. The third-order valence-electron chi connectivity index (χ3n) is 1.89. The van der Waals surface area contributed by atoms with Crippen molar-refractivity contribution in [3.8, 4) is 0 Å². The van der Waals surface area contributed by atoms with Crippen LogP contribution in [0.4, 0.5) is 0 Å². The zero-order valence-corrected chi connectivity index (χ0v) is 8.10. The van der Waals surface area contributed by atoms with Gasteiger partial charge in [0.1, 0.15) is 0 Å². The van der Waals surface area contributed by atoms with Gasteiger partial charge in [-0.3, -0.25) is 9.59 Å². The highest BCUT2D eigenvalue weighted by molar-refractivity contribution is 5.68. The summed E-state index contributed by atoms with van der Waals surface area (Å²) >= 11 is 0. The summed E-state index contributed by atoms with van der Waals surface area (Å²) in [6.07, 6.45) is 4.54. The highest BCUT2D eigenvalue weighted by Gasteiger charge is 1.98. The lowest BCUT2D eigenvalue weighted by atomic mass is 10.3. The molecule has 0 saturated heterocycles. The number of ether oxygens (including phenoxy) is 1. The Bertz CT molecular complexity index is 336. The number of nitrogens with zero attached hydrogens (tertiary/aromatic N) is 1. The lowest BCUT2D eigenvalue weighted by Crippen LogP contribution is -2.06. The van der Waals surface area contributed by atoms with Crippen LogP contribution in [0.1, 0.15) is 12.8 Å². The van der Waals surface area contributed by atoms with Gasteiger partial charge in [0, 0.05) is 37.5 Å². The number of esters is 1. The number of carbonyl (C=O) groups excluding carboxylic acids is 1. The maximum Gasteiger partial charge on any atom is 0.305 e. The van der Waals surface area contributed by atoms with Crippen molar-refractivity contribution in [1.29, 1.82) is 0 Å². The van der Waals surface area contributed by atoms with E-state index in [4.69, 9.17) is 0 Å². The molecule has 0 aliphatic carbocycles. The maximum atomic E-state index is 10.8. The summed E-state index contributed by atoms with van der Waals surface area (Å²) in [5.74, 6) is -0.203. The SMILES string of the molecule is COC(=O)CCCn1ccc(=O)cc1. The van der Waals surface area contributed by atoms with Crippen molar-refractivity contribution in [2.24, 2.45) is 0 Å². The van der Waals surface area contributed by atoms with E-state index in [1.165, 1.54) is 19.2 Å². The van der Waals surface area contributed by atoms with Gasteiger partial charge in [-0.15, -0.1) is 0 Å². The van der Waals surface area contributed by atoms with Crippen molar-refractivity contribution in [2.45, 2.75) is 19.4 Å². The standard InChI is InChI=1S/C10H13NO3/c1-14-10(13)3-2-6-11-7-4-9(12)5-8-11/h4-5,7-8H,2-3,6H2,1H3. The van der Waals surface area contributed by atoms with E-state index >= 15 is 0 Å². The topological polar surface area (TPSA) is 48.3 Å². The van der Waals surface area contributed by atoms with Crippen LogP contribution in [0.3, 0.4) is 0 Å². The third kappa shape index (κ3) is 3.43. The molecule has 1 aromatic rings. The van der Waals surface area contributed by atoms with E-state index < -0.39 is 0 Å². The van der Waals surface area contributed by atoms with Crippen molar-refractivity contribution < 1.29 is 9.53 Å². The first-order chi connectivity index (χ1) is 6.72. The maximum absolute atomic E-state index is 10.8. The van der Waals surface area contributed by atoms with Crippen LogP contribution in [0, 0.1) is 0 Å². The molecule has 0 radical (unpaired) electrons. The van der Waals surface area contributed by atoms with E-state index in [2.05, 4.69) is 4.74 Å². The minimum Gasteiger partial charge on any atom is -0.469 e. The van der Waals surface area contributed by atoms with E-state index in [1.807, 2.05) is 4.57 Å². The molecule has 0 saturated carbocycles. The molecule has 0 spiro atoms. The number of carbonyl (C=O) groups is 1. The molecule has 0 bridgehead atoms. The molecule has 4 heteroatoms. The Balaban J connectivity index is 2.35. The zero-order valence-electron chi connectivity index (χ0n) is 8.10. The summed E-state index contributed by atoms with van der Waals surface area (Å²) in [6.45, 7) is 0.718. The first-order valence-corrected chi connectivity index (χ1v) is 4.45. The van der Waals surface area contributed by atoms with Crippen molar-refractivity contribution >= 4 is 5.97 Å². The monoisotopic (exact) mass is 195 g/mol. The molecule has 1 aromatic heterocycles. The lowest BCUT2D eigenvalue weighted by molar-refractivity contribution is -0.140. The van der Waals surface area contributed by atoms with Gasteiger partial charge < -0.3 is 9.30 Å². The fourth-order valence-corrected chi connectivity index (χ4v) is 1.10. The quantitative estimate of drug-likeness (QED) is 0.668. The van der Waals surface area contributed by atoms with Crippen molar-refractivity contribution in [1.82, 2.24) is 4.57 Å². The van der Waals surface area contributed by atoms with E-state index in [-0.39, 0.29) is 11.4 Å². The Morgan fingerprint density at radius 3 is 2.64 bits per heavy atom. The Labute approximate surface area is 82.1 Å². The third-order valence-corrected chi connectivity index (χ3v) is 1.89. The van der Waals surface area contributed by atoms with Gasteiger partial charge in [-0.05, 0) is 6.42 Å². The highest BCUT2D eigenvalue weighted by Crippen LogP contribution is 1.95. The van der Waals surface area contributed by atoms with Gasteiger partial charge in [0.2, 0.25) is 0 Å². The van der Waals surface area contributed by atoms with Gasteiger partial charge >= 0.3 is 5.97 Å². The van der Waals surface area contributed by atoms with E-state index in [9.17, 15) is 9.59 Å². The van der Waals surface area contributed by atoms with Gasteiger partial charge in [-0.1, -0.05) is 0 Å². The zero-order chi connectivity index (χ0) is 10.4. The second kappa shape index (κ2) is 5.21. The number of rotatable bonds is 4. The van der Waals surface area contributed by atoms with Gasteiger partial charge in [-0.2, -0.15) is 0 Å². The molecule has 0 N–H and O–H groups in total. The molecule has 76 valence electrons. The number of methoxy groups -OCH3 is 1. The van der Waals surface area contributed by atoms with Crippen LogP contribution in [0.5, 0.6) is 0 Å². The molecule has 1 heterocycles. The number of aromatic nitrogens is 1. The summed E-state index contributed by atoms with van der Waals surface area (Å²) in [6, 6.07) is 3.00. The van der Waals surface area contributed by atoms with Crippen molar-refractivity contribution in [3.05, 3.63) is 34.7 Å². The Kier molecular flexibility index (Phi) is 3.91. The molecule has 4 nitrogen and oxygen atoms in total. The summed E-state index contributed by atoms with van der Waals surface area (Å²) in [4.78, 5) is 21.5. The normalized spacial score (nSPS) is 9.79. The van der Waals surface area contributed by atoms with Gasteiger partial charge in [0.05, 0.1) is 7.11 Å². The summed E-state index contributed by atoms with van der Waals surface area (Å²) in [7, 11) is 1.38. The molecular formula is C10H13NO3. The van der Waals surface area contributed by atoms with Crippen LogP contribution in [0.2, 0.25) is 0 Å². The molecule has 0 aliphatic heterocycles. The van der Waals surface area contributed by atoms with Gasteiger partial charge in [0.15, 0.2) is 5.43 Å². The molecule has 0 atom stereocenters. The highest BCUT2D eigenvalue weighted by atomic mass is 16.5. The number of pyridine rings is 1. The van der Waals surface area contributed by atoms with Crippen LogP contribution >= 0.6 is 0 Å². The second-order valence-electron chi connectivity index (χ2n) is 2.95. The first-order valence-electron chi connectivity index (χ1n) is 4.45. The van der Waals surface area contributed by atoms with Crippen LogP contribution in [-0.4, -0.2) is 17.6 Å².